The number of nitrogens with zero attached hydrogens (tertiary/aromatic N) is 1. The summed E-state index contributed by atoms with van der Waals surface area (Å²) in [7, 11) is 1.08. The zero-order valence-corrected chi connectivity index (χ0v) is 39.9. The largest absolute Gasteiger partial charge is 0.756 e. The van der Waals surface area contributed by atoms with E-state index in [0.717, 1.165) is 83.5 Å². The van der Waals surface area contributed by atoms with Gasteiger partial charge in [0.05, 0.1) is 27.7 Å². The Kier molecular flexibility index (Phi) is 39.8. The highest BCUT2D eigenvalue weighted by molar-refractivity contribution is 7.45. The quantitative estimate of drug-likeness (QED) is 0.0197. The predicted octanol–water partition coefficient (Wildman–Crippen LogP) is 12.8. The zero-order chi connectivity index (χ0) is 45.7. The van der Waals surface area contributed by atoms with E-state index in [1.165, 1.54) is 0 Å². The molecule has 0 aromatic heterocycles. The molecule has 10 heteroatoms. The van der Waals surface area contributed by atoms with Gasteiger partial charge in [-0.25, -0.2) is 0 Å². The third-order valence-electron chi connectivity index (χ3n) is 8.67. The lowest BCUT2D eigenvalue weighted by Gasteiger charge is -2.28. The predicted molar refractivity (Wildman–Crippen MR) is 258 cm³/mol. The van der Waals surface area contributed by atoms with Crippen LogP contribution in [0.15, 0.2) is 134 Å². The van der Waals surface area contributed by atoms with Crippen LogP contribution < -0.4 is 4.89 Å². The number of carbonyl (C=O) groups excluding carboxylic acids is 2. The number of hydrogen-bond donors (Lipinski definition) is 0. The number of ether oxygens (including phenoxy) is 2. The van der Waals surface area contributed by atoms with Gasteiger partial charge in [0.2, 0.25) is 0 Å². The lowest BCUT2D eigenvalue weighted by molar-refractivity contribution is -0.870. The van der Waals surface area contributed by atoms with Crippen molar-refractivity contribution in [3.8, 4) is 0 Å². The molecule has 0 aliphatic rings. The second-order valence-corrected chi connectivity index (χ2v) is 17.1. The number of hydrogen-bond acceptors (Lipinski definition) is 8. The third-order valence-corrected chi connectivity index (χ3v) is 9.63. The second kappa shape index (κ2) is 42.5. The highest BCUT2D eigenvalue weighted by Gasteiger charge is 2.21. The van der Waals surface area contributed by atoms with Crippen molar-refractivity contribution in [2.45, 2.75) is 136 Å². The molecule has 0 aliphatic carbocycles. The van der Waals surface area contributed by atoms with Gasteiger partial charge in [-0.2, -0.15) is 0 Å². The van der Waals surface area contributed by atoms with Crippen LogP contribution in [0, 0.1) is 0 Å². The van der Waals surface area contributed by atoms with Gasteiger partial charge in [0.15, 0.2) is 6.10 Å². The van der Waals surface area contributed by atoms with E-state index >= 15 is 0 Å². The van der Waals surface area contributed by atoms with Crippen molar-refractivity contribution in [2.75, 3.05) is 47.5 Å². The Bertz CT molecular complexity index is 1510. The van der Waals surface area contributed by atoms with Gasteiger partial charge >= 0.3 is 11.9 Å². The van der Waals surface area contributed by atoms with Crippen molar-refractivity contribution in [1.82, 2.24) is 0 Å². The van der Waals surface area contributed by atoms with Crippen LogP contribution in [0.4, 0.5) is 0 Å². The van der Waals surface area contributed by atoms with Gasteiger partial charge in [0, 0.05) is 12.8 Å². The zero-order valence-electron chi connectivity index (χ0n) is 39.0. The standard InChI is InChI=1S/C52H82NO8P/c1-6-8-10-12-14-16-18-20-22-23-24-25-26-27-28-29-31-33-35-37-39-41-43-45-52(55)61-50(49-60-62(56,57)59-47-46-53(3,4)5)48-58-51(54)44-42-40-38-36-34-32-30-21-19-17-15-13-11-9-7-2/h8-11,14-17,20-22,24-25,27-28,30-31,33-34,36-37,39,50H,6-7,12-13,18-19,23,26,29,32,35,38,40-49H2,1-5H3/b10-8-,11-9-,16-14-,17-15-,22-20-,25-24-,28-27-,30-21-,33-31-,36-34-,39-37-. The molecule has 0 fully saturated rings. The van der Waals surface area contributed by atoms with E-state index in [1.807, 2.05) is 27.2 Å². The minimum Gasteiger partial charge on any atom is -0.756 e. The van der Waals surface area contributed by atoms with Gasteiger partial charge in [-0.3, -0.25) is 14.2 Å². The number of quaternary nitrogens is 1. The molecule has 0 aromatic rings. The van der Waals surface area contributed by atoms with Gasteiger partial charge in [-0.15, -0.1) is 0 Å². The molecule has 0 bridgehead atoms. The summed E-state index contributed by atoms with van der Waals surface area (Å²) in [5.41, 5.74) is 0. The normalized spacial score (nSPS) is 14.7. The molecule has 0 heterocycles. The van der Waals surface area contributed by atoms with E-state index in [-0.39, 0.29) is 26.1 Å². The van der Waals surface area contributed by atoms with Crippen LogP contribution in [0.3, 0.4) is 0 Å². The van der Waals surface area contributed by atoms with Crippen molar-refractivity contribution >= 4 is 19.8 Å². The number of allylic oxidation sites excluding steroid dienone is 22. The maximum absolute atomic E-state index is 12.7. The highest BCUT2D eigenvalue weighted by Crippen LogP contribution is 2.38. The maximum atomic E-state index is 12.7. The van der Waals surface area contributed by atoms with Crippen molar-refractivity contribution < 1.29 is 42.1 Å². The van der Waals surface area contributed by atoms with E-state index < -0.39 is 32.5 Å². The second-order valence-electron chi connectivity index (χ2n) is 15.6. The van der Waals surface area contributed by atoms with Crippen LogP contribution in [0.25, 0.3) is 0 Å². The molecule has 348 valence electrons. The number of unbranched alkanes of at least 4 members (excludes halogenated alkanes) is 3. The topological polar surface area (TPSA) is 111 Å². The average Bonchev–Trinajstić information content (AvgIpc) is 3.23. The molecular formula is C52H82NO8P. The lowest BCUT2D eigenvalue weighted by atomic mass is 10.2. The summed E-state index contributed by atoms with van der Waals surface area (Å²) in [5, 5.41) is 0. The molecule has 0 saturated carbocycles. The number of esters is 2. The Balaban J connectivity index is 4.53. The first kappa shape index (κ1) is 58.1. The van der Waals surface area contributed by atoms with Gasteiger partial charge in [-0.1, -0.05) is 148 Å². The molecule has 0 aromatic carbocycles. The highest BCUT2D eigenvalue weighted by atomic mass is 31.2. The fourth-order valence-corrected chi connectivity index (χ4v) is 5.89. The average molecular weight is 880 g/mol. The summed E-state index contributed by atoms with van der Waals surface area (Å²) >= 11 is 0. The van der Waals surface area contributed by atoms with Gasteiger partial charge < -0.3 is 27.9 Å². The van der Waals surface area contributed by atoms with Crippen LogP contribution in [-0.4, -0.2) is 70.0 Å². The van der Waals surface area contributed by atoms with Crippen LogP contribution in [0.5, 0.6) is 0 Å². The lowest BCUT2D eigenvalue weighted by Crippen LogP contribution is -2.37. The molecule has 0 saturated heterocycles. The fraction of sp³-hybridized carbons (Fsp3) is 0.538. The van der Waals surface area contributed by atoms with Gasteiger partial charge in [-0.05, 0) is 103 Å². The van der Waals surface area contributed by atoms with E-state index in [1.54, 1.807) is 0 Å². The van der Waals surface area contributed by atoms with Crippen molar-refractivity contribution in [3.63, 3.8) is 0 Å². The first-order valence-corrected chi connectivity index (χ1v) is 24.4. The summed E-state index contributed by atoms with van der Waals surface area (Å²) in [4.78, 5) is 37.6. The van der Waals surface area contributed by atoms with E-state index in [2.05, 4.69) is 141 Å². The number of likely N-dealkylation sites (N-methyl/N-ethyl adjacent to an activating group) is 1. The summed E-state index contributed by atoms with van der Waals surface area (Å²) < 4.78 is 33.8. The van der Waals surface area contributed by atoms with Crippen molar-refractivity contribution in [1.29, 1.82) is 0 Å². The summed E-state index contributed by atoms with van der Waals surface area (Å²) in [6, 6.07) is 0. The molecule has 2 unspecified atom stereocenters. The van der Waals surface area contributed by atoms with E-state index in [4.69, 9.17) is 18.5 Å². The van der Waals surface area contributed by atoms with E-state index in [0.29, 0.717) is 30.3 Å². The minimum atomic E-state index is -4.66. The Hall–Kier alpha value is -3.85. The van der Waals surface area contributed by atoms with Crippen LogP contribution >= 0.6 is 7.82 Å². The van der Waals surface area contributed by atoms with Crippen LogP contribution in [0.1, 0.15) is 129 Å². The van der Waals surface area contributed by atoms with Crippen molar-refractivity contribution in [2.24, 2.45) is 0 Å². The minimum absolute atomic E-state index is 0.0573. The van der Waals surface area contributed by atoms with Gasteiger partial charge in [0.1, 0.15) is 19.8 Å². The molecule has 0 amide bonds. The Morgan fingerprint density at radius 3 is 1.27 bits per heavy atom. The number of rotatable bonds is 39. The Labute approximate surface area is 377 Å². The molecule has 0 radical (unpaired) electrons. The summed E-state index contributed by atoms with van der Waals surface area (Å²) in [6.45, 7) is 3.84. The number of phosphoric acid groups is 1. The molecule has 9 nitrogen and oxygen atoms in total. The molecule has 0 spiro atoms. The van der Waals surface area contributed by atoms with E-state index in [9.17, 15) is 19.0 Å². The molecule has 0 N–H and O–H groups in total. The molecule has 0 aliphatic heterocycles. The molecule has 0 rings (SSSR count). The first-order valence-electron chi connectivity index (χ1n) is 22.9. The summed E-state index contributed by atoms with van der Waals surface area (Å²) in [6.07, 6.45) is 60.7. The SMILES string of the molecule is CC/C=C\C/C=C\C/C=C\C/C=C\C/C=C\C/C=C\C/C=C\CCCC(=O)OC(COC(=O)CCCC/C=C\C/C=C\C/C=C\C/C=C\CC)COP(=O)([O-])OCC[N+](C)(C)C. The first-order chi connectivity index (χ1) is 30.0. The smallest absolute Gasteiger partial charge is 0.306 e. The van der Waals surface area contributed by atoms with Crippen LogP contribution in [0.2, 0.25) is 0 Å². The molecule has 2 atom stereocenters. The van der Waals surface area contributed by atoms with Crippen LogP contribution in [-0.2, 0) is 32.7 Å². The third kappa shape index (κ3) is 45.7. The Morgan fingerprint density at radius 2 is 0.871 bits per heavy atom. The van der Waals surface area contributed by atoms with Crippen molar-refractivity contribution in [3.05, 3.63) is 134 Å². The van der Waals surface area contributed by atoms with Gasteiger partial charge in [0.25, 0.3) is 7.82 Å². The Morgan fingerprint density at radius 1 is 0.500 bits per heavy atom. The monoisotopic (exact) mass is 880 g/mol. The fourth-order valence-electron chi connectivity index (χ4n) is 5.16. The number of phosphoric ester groups is 1. The molecule has 62 heavy (non-hydrogen) atoms. The summed E-state index contributed by atoms with van der Waals surface area (Å²) in [5.74, 6) is -0.970. The number of carbonyl (C=O) groups is 2. The molecular weight excluding hydrogens is 798 g/mol. The maximum Gasteiger partial charge on any atom is 0.306 e.